The van der Waals surface area contributed by atoms with Gasteiger partial charge in [-0.05, 0) is 38.4 Å². The van der Waals surface area contributed by atoms with Crippen LogP contribution >= 0.6 is 0 Å². The average Bonchev–Trinajstić information content (AvgIpc) is 2.68. The maximum absolute atomic E-state index is 13.0. The Hall–Kier alpha value is -1.43. The van der Waals surface area contributed by atoms with Crippen molar-refractivity contribution in [2.45, 2.75) is 38.3 Å². The van der Waals surface area contributed by atoms with E-state index in [1.807, 2.05) is 13.0 Å². The first kappa shape index (κ1) is 18.4. The molecule has 0 saturated carbocycles. The summed E-state index contributed by atoms with van der Waals surface area (Å²) in [6, 6.07) is 10.2. The zero-order chi connectivity index (χ0) is 17.5. The van der Waals surface area contributed by atoms with Gasteiger partial charge in [0, 0.05) is 13.1 Å². The van der Waals surface area contributed by atoms with Gasteiger partial charge < -0.3 is 9.47 Å². The summed E-state index contributed by atoms with van der Waals surface area (Å²) in [5.41, 5.74) is 1.19. The Balaban J connectivity index is 1.93. The molecule has 0 aliphatic carbocycles. The van der Waals surface area contributed by atoms with Crippen LogP contribution < -0.4 is 0 Å². The summed E-state index contributed by atoms with van der Waals surface area (Å²) < 4.78 is 11.1. The Bertz CT molecular complexity index is 525. The minimum Gasteiger partial charge on any atom is -0.465 e. The first-order valence-corrected chi connectivity index (χ1v) is 9.58. The normalized spacial score (nSPS) is 22.3. The molecular formula is C20H30N2O3. The van der Waals surface area contributed by atoms with Gasteiger partial charge in [-0.25, -0.2) is 0 Å². The number of benzene rings is 1. The lowest BCUT2D eigenvalue weighted by Gasteiger charge is -2.43. The van der Waals surface area contributed by atoms with Crippen molar-refractivity contribution < 1.29 is 14.3 Å². The average molecular weight is 346 g/mol. The van der Waals surface area contributed by atoms with E-state index < -0.39 is 0 Å². The van der Waals surface area contributed by atoms with Crippen LogP contribution in [0.4, 0.5) is 0 Å². The van der Waals surface area contributed by atoms with Crippen LogP contribution in [-0.2, 0) is 14.3 Å². The standard InChI is InChI=1S/C20H30N2O3/c1-2-25-20(23)19(21-11-7-4-8-12-21)18(17-9-5-3-6-10-17)22-13-15-24-16-14-22/h3,5-6,9-10,18-19H,2,4,7-8,11-16H2,1H3/t18-,19-/m1/s1. The van der Waals surface area contributed by atoms with Crippen LogP contribution in [0.25, 0.3) is 0 Å². The first-order valence-electron chi connectivity index (χ1n) is 9.58. The Morgan fingerprint density at radius 3 is 2.36 bits per heavy atom. The molecule has 0 N–H and O–H groups in total. The number of hydrogen-bond acceptors (Lipinski definition) is 5. The molecule has 2 aliphatic rings. The van der Waals surface area contributed by atoms with Crippen LogP contribution in [0.15, 0.2) is 30.3 Å². The van der Waals surface area contributed by atoms with Gasteiger partial charge in [0.2, 0.25) is 0 Å². The van der Waals surface area contributed by atoms with Crippen LogP contribution in [-0.4, -0.2) is 67.8 Å². The maximum Gasteiger partial charge on any atom is 0.325 e. The number of morpholine rings is 1. The van der Waals surface area contributed by atoms with Crippen LogP contribution in [0.5, 0.6) is 0 Å². The predicted octanol–water partition coefficient (Wildman–Crippen LogP) is 2.48. The number of likely N-dealkylation sites (tertiary alicyclic amines) is 1. The van der Waals surface area contributed by atoms with Gasteiger partial charge in [-0.1, -0.05) is 36.8 Å². The number of carbonyl (C=O) groups excluding carboxylic acids is 1. The van der Waals surface area contributed by atoms with Crippen LogP contribution in [0.2, 0.25) is 0 Å². The second-order valence-electron chi connectivity index (χ2n) is 6.80. The molecule has 0 spiro atoms. The number of rotatable bonds is 6. The van der Waals surface area contributed by atoms with E-state index in [0.717, 1.165) is 52.2 Å². The Labute approximate surface area is 150 Å². The van der Waals surface area contributed by atoms with Crippen LogP contribution in [0.1, 0.15) is 37.8 Å². The minimum absolute atomic E-state index is 0.0160. The molecule has 2 aliphatic heterocycles. The Kier molecular flexibility index (Phi) is 6.84. The lowest BCUT2D eigenvalue weighted by Crippen LogP contribution is -2.54. The number of carbonyl (C=O) groups is 1. The van der Waals surface area contributed by atoms with E-state index in [-0.39, 0.29) is 18.1 Å². The van der Waals surface area contributed by atoms with Gasteiger partial charge in [0.25, 0.3) is 0 Å². The molecule has 2 atom stereocenters. The quantitative estimate of drug-likeness (QED) is 0.740. The molecule has 1 aromatic rings. The van der Waals surface area contributed by atoms with E-state index >= 15 is 0 Å². The fourth-order valence-corrected chi connectivity index (χ4v) is 4.00. The van der Waals surface area contributed by atoms with Gasteiger partial charge in [0.15, 0.2) is 0 Å². The van der Waals surface area contributed by atoms with Crippen molar-refractivity contribution in [3.8, 4) is 0 Å². The third-order valence-corrected chi connectivity index (χ3v) is 5.19. The lowest BCUT2D eigenvalue weighted by atomic mass is 9.94. The summed E-state index contributed by atoms with van der Waals surface area (Å²) in [6.07, 6.45) is 3.56. The highest BCUT2D eigenvalue weighted by Gasteiger charge is 2.40. The van der Waals surface area contributed by atoms with Crippen molar-refractivity contribution >= 4 is 5.97 Å². The lowest BCUT2D eigenvalue weighted by molar-refractivity contribution is -0.154. The maximum atomic E-state index is 13.0. The van der Waals surface area contributed by atoms with Crippen LogP contribution in [0, 0.1) is 0 Å². The first-order chi connectivity index (χ1) is 12.3. The monoisotopic (exact) mass is 346 g/mol. The van der Waals surface area contributed by atoms with Gasteiger partial charge in [-0.15, -0.1) is 0 Å². The van der Waals surface area contributed by atoms with Gasteiger partial charge >= 0.3 is 5.97 Å². The highest BCUT2D eigenvalue weighted by Crippen LogP contribution is 2.31. The number of piperidine rings is 1. The largest absolute Gasteiger partial charge is 0.465 e. The van der Waals surface area contributed by atoms with Gasteiger partial charge in [-0.3, -0.25) is 14.6 Å². The second kappa shape index (κ2) is 9.32. The molecule has 1 aromatic carbocycles. The number of nitrogens with zero attached hydrogens (tertiary/aromatic N) is 2. The molecule has 0 radical (unpaired) electrons. The SMILES string of the molecule is CCOC(=O)[C@@H]([C@@H](c1ccccc1)N1CCOCC1)N1CCCCC1. The van der Waals surface area contributed by atoms with Gasteiger partial charge in [0.1, 0.15) is 6.04 Å². The van der Waals surface area contributed by atoms with Crippen LogP contribution in [0.3, 0.4) is 0 Å². The fraction of sp³-hybridized carbons (Fsp3) is 0.650. The second-order valence-corrected chi connectivity index (χ2v) is 6.80. The van der Waals surface area contributed by atoms with Gasteiger partial charge in [-0.2, -0.15) is 0 Å². The van der Waals surface area contributed by atoms with Gasteiger partial charge in [0.05, 0.1) is 25.9 Å². The summed E-state index contributed by atoms with van der Waals surface area (Å²) in [5.74, 6) is -0.0928. The summed E-state index contributed by atoms with van der Waals surface area (Å²) in [4.78, 5) is 17.7. The molecule has 138 valence electrons. The van der Waals surface area contributed by atoms with E-state index in [0.29, 0.717) is 6.61 Å². The van der Waals surface area contributed by atoms with Crippen molar-refractivity contribution in [2.24, 2.45) is 0 Å². The summed E-state index contributed by atoms with van der Waals surface area (Å²) in [7, 11) is 0. The van der Waals surface area contributed by atoms with Crippen molar-refractivity contribution in [2.75, 3.05) is 46.0 Å². The molecule has 0 aromatic heterocycles. The molecule has 0 amide bonds. The minimum atomic E-state index is -0.249. The van der Waals surface area contributed by atoms with Crippen molar-refractivity contribution in [3.05, 3.63) is 35.9 Å². The number of ether oxygens (including phenoxy) is 2. The summed E-state index contributed by atoms with van der Waals surface area (Å²) in [5, 5.41) is 0. The zero-order valence-electron chi connectivity index (χ0n) is 15.2. The molecule has 0 unspecified atom stereocenters. The van der Waals surface area contributed by atoms with Crippen molar-refractivity contribution in [1.82, 2.24) is 9.80 Å². The van der Waals surface area contributed by atoms with E-state index in [2.05, 4.69) is 34.1 Å². The predicted molar refractivity (Wildman–Crippen MR) is 97.4 cm³/mol. The fourth-order valence-electron chi connectivity index (χ4n) is 4.00. The van der Waals surface area contributed by atoms with E-state index in [9.17, 15) is 4.79 Å². The van der Waals surface area contributed by atoms with E-state index in [4.69, 9.17) is 9.47 Å². The third-order valence-electron chi connectivity index (χ3n) is 5.19. The highest BCUT2D eigenvalue weighted by molar-refractivity contribution is 5.77. The zero-order valence-corrected chi connectivity index (χ0v) is 15.2. The van der Waals surface area contributed by atoms with E-state index in [1.165, 1.54) is 12.0 Å². The third kappa shape index (κ3) is 4.60. The molecule has 2 fully saturated rings. The molecule has 5 heteroatoms. The van der Waals surface area contributed by atoms with Crippen molar-refractivity contribution in [3.63, 3.8) is 0 Å². The molecule has 2 heterocycles. The van der Waals surface area contributed by atoms with E-state index in [1.54, 1.807) is 0 Å². The van der Waals surface area contributed by atoms with Crippen molar-refractivity contribution in [1.29, 1.82) is 0 Å². The summed E-state index contributed by atoms with van der Waals surface area (Å²) >= 11 is 0. The number of hydrogen-bond donors (Lipinski definition) is 0. The molecule has 2 saturated heterocycles. The highest BCUT2D eigenvalue weighted by atomic mass is 16.5. The molecular weight excluding hydrogens is 316 g/mol. The summed E-state index contributed by atoms with van der Waals surface area (Å²) in [6.45, 7) is 7.39. The molecule has 3 rings (SSSR count). The smallest absolute Gasteiger partial charge is 0.325 e. The topological polar surface area (TPSA) is 42.0 Å². The molecule has 25 heavy (non-hydrogen) atoms. The Morgan fingerprint density at radius 2 is 1.72 bits per heavy atom. The molecule has 0 bridgehead atoms. The Morgan fingerprint density at radius 1 is 1.04 bits per heavy atom. The number of esters is 1. The molecule has 5 nitrogen and oxygen atoms in total.